The van der Waals surface area contributed by atoms with Crippen LogP contribution in [0.5, 0.6) is 0 Å². The van der Waals surface area contributed by atoms with E-state index in [1.807, 2.05) is 13.0 Å². The minimum Gasteiger partial charge on any atom is -0.481 e. The van der Waals surface area contributed by atoms with Crippen LogP contribution >= 0.6 is 0 Å². The van der Waals surface area contributed by atoms with Crippen molar-refractivity contribution in [1.29, 1.82) is 0 Å². The number of aryl methyl sites for hydroxylation is 2. The molecule has 0 unspecified atom stereocenters. The maximum absolute atomic E-state index is 12.5. The van der Waals surface area contributed by atoms with Gasteiger partial charge in [0, 0.05) is 68.1 Å². The van der Waals surface area contributed by atoms with Gasteiger partial charge in [0.1, 0.15) is 0 Å². The molecule has 0 atom stereocenters. The van der Waals surface area contributed by atoms with Crippen LogP contribution in [0.2, 0.25) is 0 Å². The van der Waals surface area contributed by atoms with E-state index in [0.29, 0.717) is 34.5 Å². The molecule has 1 radical (unpaired) electrons. The fourth-order valence-corrected chi connectivity index (χ4v) is 3.83. The van der Waals surface area contributed by atoms with Gasteiger partial charge < -0.3 is 15.4 Å². The second-order valence-corrected chi connectivity index (χ2v) is 7.00. The van der Waals surface area contributed by atoms with Crippen molar-refractivity contribution in [3.05, 3.63) is 51.8 Å². The number of Topliss-reactive ketones (excluding diaryl/α,β-unsaturated/α-hetero) is 1. The van der Waals surface area contributed by atoms with E-state index >= 15 is 0 Å². The van der Waals surface area contributed by atoms with E-state index < -0.39 is 5.97 Å². The number of hydrogen-bond acceptors (Lipinski definition) is 3. The topological polar surface area (TPSA) is 99.3 Å². The molecule has 0 saturated heterocycles. The summed E-state index contributed by atoms with van der Waals surface area (Å²) < 4.78 is 0. The Kier molecular flexibility index (Phi) is 6.01. The van der Waals surface area contributed by atoms with Gasteiger partial charge in [-0.2, -0.15) is 23.8 Å². The third-order valence-electron chi connectivity index (χ3n) is 5.08. The zero-order valence-corrected chi connectivity index (χ0v) is 18.4. The van der Waals surface area contributed by atoms with E-state index in [1.165, 1.54) is 0 Å². The van der Waals surface area contributed by atoms with Gasteiger partial charge in [-0.25, -0.2) is 0 Å². The van der Waals surface area contributed by atoms with Crippen molar-refractivity contribution >= 4 is 35.0 Å². The number of nitrogens with one attached hydrogen (secondary N) is 2. The standard InChI is InChI=1S/C21H19N2O4.Y/c1-11-5-7-15-13(9-11)14(21(27)23-15)10-17-12(6-8-19(25)26)20-16(22-17)3-2-4-18(20)24;/h7,9-10,22H,2-4,6,8H2,1H3,(H,23,27)(H,25,26);/q-1;/b14-10-;. The molecule has 0 bridgehead atoms. The van der Waals surface area contributed by atoms with Gasteiger partial charge in [-0.05, 0) is 30.9 Å². The van der Waals surface area contributed by atoms with Gasteiger partial charge in [-0.1, -0.05) is 18.2 Å². The monoisotopic (exact) mass is 452 g/mol. The molecule has 0 spiro atoms. The number of fused-ring (bicyclic) bond motifs is 2. The number of benzene rings is 1. The van der Waals surface area contributed by atoms with Gasteiger partial charge in [-0.3, -0.25) is 14.4 Å². The number of ketones is 1. The molecular formula is C21H19N2O4Y-. The summed E-state index contributed by atoms with van der Waals surface area (Å²) in [7, 11) is 0. The zero-order valence-electron chi connectivity index (χ0n) is 15.5. The van der Waals surface area contributed by atoms with E-state index in [9.17, 15) is 14.4 Å². The van der Waals surface area contributed by atoms with Crippen molar-refractivity contribution < 1.29 is 52.2 Å². The molecule has 1 aromatic heterocycles. The molecule has 4 rings (SSSR count). The number of H-pyrrole nitrogens is 1. The Hall–Kier alpha value is -2.05. The summed E-state index contributed by atoms with van der Waals surface area (Å²) >= 11 is 0. The average Bonchev–Trinajstić information content (AvgIpc) is 3.12. The number of hydrogen-bond donors (Lipinski definition) is 3. The number of aromatic amines is 1. The van der Waals surface area contributed by atoms with Crippen molar-refractivity contribution in [2.75, 3.05) is 5.32 Å². The number of carbonyl (C=O) groups excluding carboxylic acids is 2. The second-order valence-electron chi connectivity index (χ2n) is 7.00. The van der Waals surface area contributed by atoms with Gasteiger partial charge in [0.15, 0.2) is 5.78 Å². The van der Waals surface area contributed by atoms with Crippen molar-refractivity contribution in [3.8, 4) is 0 Å². The molecule has 0 saturated carbocycles. The fourth-order valence-electron chi connectivity index (χ4n) is 3.83. The third kappa shape index (κ3) is 3.76. The Morgan fingerprint density at radius 3 is 2.86 bits per heavy atom. The largest absolute Gasteiger partial charge is 0.481 e. The van der Waals surface area contributed by atoms with E-state index in [4.69, 9.17) is 5.11 Å². The summed E-state index contributed by atoms with van der Waals surface area (Å²) in [5.74, 6) is -1.09. The molecule has 1 amide bonds. The van der Waals surface area contributed by atoms with Crippen LogP contribution in [0.15, 0.2) is 12.1 Å². The number of rotatable bonds is 4. The van der Waals surface area contributed by atoms with Gasteiger partial charge in [-0.15, -0.1) is 0 Å². The minimum atomic E-state index is -0.915. The molecule has 2 aromatic rings. The number of amides is 1. The van der Waals surface area contributed by atoms with Gasteiger partial charge in [0.25, 0.3) is 0 Å². The summed E-state index contributed by atoms with van der Waals surface area (Å²) in [6.07, 6.45) is 3.93. The first kappa shape index (κ1) is 20.7. The van der Waals surface area contributed by atoms with Gasteiger partial charge in [0.2, 0.25) is 5.91 Å². The van der Waals surface area contributed by atoms with Crippen LogP contribution < -0.4 is 5.32 Å². The van der Waals surface area contributed by atoms with Crippen molar-refractivity contribution in [2.24, 2.45) is 0 Å². The quantitative estimate of drug-likeness (QED) is 0.490. The second kappa shape index (κ2) is 8.13. The van der Waals surface area contributed by atoms with Crippen molar-refractivity contribution in [1.82, 2.24) is 4.98 Å². The van der Waals surface area contributed by atoms with Crippen LogP contribution in [0.1, 0.15) is 57.7 Å². The summed E-state index contributed by atoms with van der Waals surface area (Å²) in [6, 6.07) is 6.71. The third-order valence-corrected chi connectivity index (χ3v) is 5.08. The summed E-state index contributed by atoms with van der Waals surface area (Å²) in [6.45, 7) is 1.91. The molecule has 2 aliphatic rings. The van der Waals surface area contributed by atoms with Crippen LogP contribution in [0, 0.1) is 13.0 Å². The first-order valence-electron chi connectivity index (χ1n) is 8.98. The van der Waals surface area contributed by atoms with Crippen LogP contribution in [0.4, 0.5) is 5.69 Å². The van der Waals surface area contributed by atoms with E-state index in [2.05, 4.69) is 16.4 Å². The normalized spacial score (nSPS) is 16.4. The minimum absolute atomic E-state index is 0. The average molecular weight is 452 g/mol. The molecule has 1 aliphatic carbocycles. The van der Waals surface area contributed by atoms with Crippen LogP contribution in [0.3, 0.4) is 0 Å². The number of anilines is 1. The molecule has 3 N–H and O–H groups in total. The first-order valence-corrected chi connectivity index (χ1v) is 8.98. The fraction of sp³-hybridized carbons (Fsp3) is 0.286. The van der Waals surface area contributed by atoms with Crippen molar-refractivity contribution in [3.63, 3.8) is 0 Å². The molecule has 0 fully saturated rings. The predicted molar refractivity (Wildman–Crippen MR) is 101 cm³/mol. The molecule has 6 nitrogen and oxygen atoms in total. The van der Waals surface area contributed by atoms with Crippen LogP contribution in [-0.2, 0) is 55.1 Å². The number of aromatic nitrogens is 1. The Labute approximate surface area is 187 Å². The number of aliphatic carboxylic acids is 1. The smallest absolute Gasteiger partial charge is 0.303 e. The number of carbonyl (C=O) groups is 3. The Morgan fingerprint density at radius 1 is 1.32 bits per heavy atom. The Bertz CT molecular complexity index is 1020. The molecule has 2 heterocycles. The predicted octanol–water partition coefficient (Wildman–Crippen LogP) is 3.15. The molecule has 28 heavy (non-hydrogen) atoms. The molecule has 141 valence electrons. The van der Waals surface area contributed by atoms with E-state index in [-0.39, 0.29) is 57.2 Å². The molecular weight excluding hydrogens is 433 g/mol. The van der Waals surface area contributed by atoms with Crippen LogP contribution in [0.25, 0.3) is 11.6 Å². The zero-order chi connectivity index (χ0) is 19.1. The van der Waals surface area contributed by atoms with Crippen LogP contribution in [-0.4, -0.2) is 27.8 Å². The summed E-state index contributed by atoms with van der Waals surface area (Å²) in [5.41, 5.74) is 5.73. The Balaban J connectivity index is 0.00000225. The Morgan fingerprint density at radius 2 is 2.11 bits per heavy atom. The number of carboxylic acids is 1. The SMILES string of the molecule is Cc1[c-]cc2c(c1)/C(=C/c1[nH]c3c(c1CCC(=O)O)C(=O)CCC3)C(=O)N2.[Y]. The number of carboxylic acid groups (broad SMARTS) is 1. The van der Waals surface area contributed by atoms with E-state index in [0.717, 1.165) is 29.7 Å². The molecule has 1 aromatic carbocycles. The first-order chi connectivity index (χ1) is 12.9. The summed E-state index contributed by atoms with van der Waals surface area (Å²) in [5, 5.41) is 11.9. The molecule has 7 heteroatoms. The van der Waals surface area contributed by atoms with Gasteiger partial charge >= 0.3 is 5.97 Å². The maximum atomic E-state index is 12.5. The molecule has 1 aliphatic heterocycles. The van der Waals surface area contributed by atoms with Gasteiger partial charge in [0.05, 0.1) is 0 Å². The van der Waals surface area contributed by atoms with Crippen molar-refractivity contribution in [2.45, 2.75) is 39.0 Å². The summed E-state index contributed by atoms with van der Waals surface area (Å²) in [4.78, 5) is 39.2. The maximum Gasteiger partial charge on any atom is 0.303 e. The van der Waals surface area contributed by atoms with E-state index in [1.54, 1.807) is 12.1 Å².